The van der Waals surface area contributed by atoms with Gasteiger partial charge in [0.1, 0.15) is 10.4 Å². The van der Waals surface area contributed by atoms with E-state index < -0.39 is 0 Å². The molecule has 10 heavy (non-hydrogen) atoms. The summed E-state index contributed by atoms with van der Waals surface area (Å²) >= 11 is 3.20. The van der Waals surface area contributed by atoms with Gasteiger partial charge >= 0.3 is 0 Å². The van der Waals surface area contributed by atoms with Crippen LogP contribution in [0.25, 0.3) is 0 Å². The average molecular weight is 203 g/mol. The molecule has 0 atom stereocenters. The number of aliphatic hydroxyl groups is 1. The number of aliphatic hydroxyl groups excluding tert-OH is 1. The van der Waals surface area contributed by atoms with Gasteiger partial charge in [-0.05, 0) is 22.0 Å². The van der Waals surface area contributed by atoms with Gasteiger partial charge in [0.25, 0.3) is 0 Å². The molecule has 1 aromatic heterocycles. The lowest BCUT2D eigenvalue weighted by molar-refractivity contribution is 0.296. The molecule has 0 spiro atoms. The zero-order valence-electron chi connectivity index (χ0n) is 5.29. The number of halogens is 1. The monoisotopic (exact) mass is 202 g/mol. The first-order valence-corrected chi connectivity index (χ1v) is 3.70. The normalized spacial score (nSPS) is 9.80. The van der Waals surface area contributed by atoms with Crippen molar-refractivity contribution in [2.75, 3.05) is 6.61 Å². The van der Waals surface area contributed by atoms with Gasteiger partial charge in [0.15, 0.2) is 0 Å². The molecule has 54 valence electrons. The molecule has 0 saturated heterocycles. The second kappa shape index (κ2) is 3.63. The largest absolute Gasteiger partial charge is 0.396 e. The molecular weight excluding hydrogens is 196 g/mol. The van der Waals surface area contributed by atoms with Crippen molar-refractivity contribution >= 4 is 15.9 Å². The van der Waals surface area contributed by atoms with Crippen LogP contribution < -0.4 is 0 Å². The molecular formula is C6H7BrN2O. The van der Waals surface area contributed by atoms with E-state index in [4.69, 9.17) is 5.11 Å². The van der Waals surface area contributed by atoms with Gasteiger partial charge in [-0.1, -0.05) is 0 Å². The van der Waals surface area contributed by atoms with Gasteiger partial charge in [0.05, 0.1) is 6.61 Å². The average Bonchev–Trinajstić information content (AvgIpc) is 1.88. The molecule has 0 fully saturated rings. The zero-order chi connectivity index (χ0) is 7.40. The predicted molar refractivity (Wildman–Crippen MR) is 40.5 cm³/mol. The van der Waals surface area contributed by atoms with Crippen molar-refractivity contribution in [2.45, 2.75) is 6.42 Å². The van der Waals surface area contributed by atoms with Gasteiger partial charge in [0.2, 0.25) is 0 Å². The van der Waals surface area contributed by atoms with Crippen molar-refractivity contribution in [3.05, 3.63) is 22.7 Å². The van der Waals surface area contributed by atoms with Crippen LogP contribution in [-0.2, 0) is 6.42 Å². The van der Waals surface area contributed by atoms with Crippen molar-refractivity contribution in [3.63, 3.8) is 0 Å². The Balaban J connectivity index is 2.75. The van der Waals surface area contributed by atoms with Crippen LogP contribution in [0.4, 0.5) is 0 Å². The summed E-state index contributed by atoms with van der Waals surface area (Å²) < 4.78 is 0.756. The van der Waals surface area contributed by atoms with Gasteiger partial charge in [0, 0.05) is 12.6 Å². The smallest absolute Gasteiger partial charge is 0.131 e. The number of rotatable bonds is 2. The van der Waals surface area contributed by atoms with Crippen molar-refractivity contribution in [1.82, 2.24) is 9.97 Å². The van der Waals surface area contributed by atoms with Gasteiger partial charge < -0.3 is 5.11 Å². The minimum atomic E-state index is 0.0937. The molecule has 0 aliphatic carbocycles. The Morgan fingerprint density at radius 3 is 3.00 bits per heavy atom. The van der Waals surface area contributed by atoms with E-state index in [1.807, 2.05) is 0 Å². The number of hydrogen-bond acceptors (Lipinski definition) is 3. The van der Waals surface area contributed by atoms with E-state index in [0.717, 1.165) is 4.60 Å². The van der Waals surface area contributed by atoms with Gasteiger partial charge in [-0.25, -0.2) is 9.97 Å². The van der Waals surface area contributed by atoms with Crippen LogP contribution in [0.15, 0.2) is 16.9 Å². The number of aromatic nitrogens is 2. The molecule has 0 aliphatic rings. The van der Waals surface area contributed by atoms with Crippen molar-refractivity contribution in [1.29, 1.82) is 0 Å². The first kappa shape index (κ1) is 7.63. The lowest BCUT2D eigenvalue weighted by Gasteiger charge is -1.94. The Morgan fingerprint density at radius 1 is 1.60 bits per heavy atom. The van der Waals surface area contributed by atoms with Crippen LogP contribution in [0.3, 0.4) is 0 Å². The topological polar surface area (TPSA) is 46.0 Å². The number of nitrogens with zero attached hydrogens (tertiary/aromatic N) is 2. The van der Waals surface area contributed by atoms with Crippen molar-refractivity contribution in [2.24, 2.45) is 0 Å². The van der Waals surface area contributed by atoms with E-state index in [-0.39, 0.29) is 6.61 Å². The molecule has 0 aliphatic heterocycles. The number of hydrogen-bond donors (Lipinski definition) is 1. The fourth-order valence-corrected chi connectivity index (χ4v) is 0.918. The summed E-state index contributed by atoms with van der Waals surface area (Å²) in [4.78, 5) is 7.94. The molecule has 0 amide bonds. The van der Waals surface area contributed by atoms with E-state index in [0.29, 0.717) is 12.2 Å². The fourth-order valence-electron chi connectivity index (χ4n) is 0.595. The Bertz CT molecular complexity index is 217. The minimum Gasteiger partial charge on any atom is -0.396 e. The summed E-state index contributed by atoms with van der Waals surface area (Å²) in [6.45, 7) is 0.0937. The Morgan fingerprint density at radius 2 is 2.40 bits per heavy atom. The molecule has 0 saturated carbocycles. The zero-order valence-corrected chi connectivity index (χ0v) is 6.87. The molecule has 1 aromatic rings. The first-order valence-electron chi connectivity index (χ1n) is 2.91. The third kappa shape index (κ3) is 2.04. The standard InChI is InChI=1S/C6H7BrN2O/c7-5-1-3-8-6(9-5)2-4-10/h1,3,10H,2,4H2. The predicted octanol–water partition coefficient (Wildman–Crippen LogP) is 0.774. The lowest BCUT2D eigenvalue weighted by atomic mass is 10.4. The Labute approximate surface area is 67.3 Å². The summed E-state index contributed by atoms with van der Waals surface area (Å²) in [6.07, 6.45) is 2.17. The molecule has 0 aromatic carbocycles. The lowest BCUT2D eigenvalue weighted by Crippen LogP contribution is -1.97. The second-order valence-electron chi connectivity index (χ2n) is 1.77. The van der Waals surface area contributed by atoms with Crippen LogP contribution in [0.2, 0.25) is 0 Å². The molecule has 4 heteroatoms. The summed E-state index contributed by atoms with van der Waals surface area (Å²) in [6, 6.07) is 1.75. The molecule has 1 heterocycles. The van der Waals surface area contributed by atoms with Gasteiger partial charge in [-0.3, -0.25) is 0 Å². The Kier molecular flexibility index (Phi) is 2.77. The highest BCUT2D eigenvalue weighted by Gasteiger charge is 1.93. The summed E-state index contributed by atoms with van der Waals surface area (Å²) in [5.41, 5.74) is 0. The van der Waals surface area contributed by atoms with E-state index in [9.17, 15) is 0 Å². The van der Waals surface area contributed by atoms with Crippen LogP contribution in [0.5, 0.6) is 0 Å². The van der Waals surface area contributed by atoms with E-state index >= 15 is 0 Å². The first-order chi connectivity index (χ1) is 4.83. The van der Waals surface area contributed by atoms with E-state index in [1.165, 1.54) is 0 Å². The SMILES string of the molecule is OCCc1nccc(Br)n1. The van der Waals surface area contributed by atoms with Gasteiger partial charge in [-0.2, -0.15) is 0 Å². The Hall–Kier alpha value is -0.480. The van der Waals surface area contributed by atoms with E-state index in [1.54, 1.807) is 12.3 Å². The molecule has 3 nitrogen and oxygen atoms in total. The van der Waals surface area contributed by atoms with Crippen molar-refractivity contribution in [3.8, 4) is 0 Å². The van der Waals surface area contributed by atoms with Gasteiger partial charge in [-0.15, -0.1) is 0 Å². The van der Waals surface area contributed by atoms with Crippen molar-refractivity contribution < 1.29 is 5.11 Å². The summed E-state index contributed by atoms with van der Waals surface area (Å²) in [5.74, 6) is 0.664. The molecule has 0 radical (unpaired) electrons. The maximum absolute atomic E-state index is 8.52. The summed E-state index contributed by atoms with van der Waals surface area (Å²) in [7, 11) is 0. The third-order valence-corrected chi connectivity index (χ3v) is 1.45. The second-order valence-corrected chi connectivity index (χ2v) is 2.58. The fraction of sp³-hybridized carbons (Fsp3) is 0.333. The highest BCUT2D eigenvalue weighted by Crippen LogP contribution is 2.03. The third-order valence-electron chi connectivity index (χ3n) is 1.01. The molecule has 0 bridgehead atoms. The summed E-state index contributed by atoms with van der Waals surface area (Å²) in [5, 5.41) is 8.52. The van der Waals surface area contributed by atoms with E-state index in [2.05, 4.69) is 25.9 Å². The van der Waals surface area contributed by atoms with Crippen LogP contribution in [-0.4, -0.2) is 21.7 Å². The minimum absolute atomic E-state index is 0.0937. The maximum Gasteiger partial charge on any atom is 0.131 e. The van der Waals surface area contributed by atoms with Crippen LogP contribution in [0, 0.1) is 0 Å². The highest BCUT2D eigenvalue weighted by molar-refractivity contribution is 9.10. The highest BCUT2D eigenvalue weighted by atomic mass is 79.9. The molecule has 1 N–H and O–H groups in total. The van der Waals surface area contributed by atoms with Crippen LogP contribution >= 0.6 is 15.9 Å². The van der Waals surface area contributed by atoms with Crippen LogP contribution in [0.1, 0.15) is 5.82 Å². The molecule has 0 unspecified atom stereocenters. The molecule has 1 rings (SSSR count). The maximum atomic E-state index is 8.52. The quantitative estimate of drug-likeness (QED) is 0.722.